The number of methoxy groups -OCH3 is 3. The van der Waals surface area contributed by atoms with Gasteiger partial charge in [-0.3, -0.25) is 4.79 Å². The molecule has 0 heterocycles. The number of amides is 1. The molecule has 2 aromatic carbocycles. The maximum absolute atomic E-state index is 12.1. The number of carbonyl (C=O) groups excluding carboxylic acids is 1. The van der Waals surface area contributed by atoms with Crippen LogP contribution in [-0.4, -0.2) is 27.2 Å². The number of benzene rings is 2. The summed E-state index contributed by atoms with van der Waals surface area (Å²) >= 11 is 2.21. The maximum atomic E-state index is 12.1. The molecule has 5 nitrogen and oxygen atoms in total. The summed E-state index contributed by atoms with van der Waals surface area (Å²) in [5.74, 6) is 1.33. The second-order valence-electron chi connectivity index (χ2n) is 4.75. The number of hydrogen-bond donors (Lipinski definition) is 1. The van der Waals surface area contributed by atoms with Gasteiger partial charge >= 0.3 is 0 Å². The van der Waals surface area contributed by atoms with Crippen molar-refractivity contribution >= 4 is 40.3 Å². The van der Waals surface area contributed by atoms with Crippen LogP contribution >= 0.6 is 22.6 Å². The van der Waals surface area contributed by atoms with Crippen LogP contribution in [0.15, 0.2) is 42.5 Å². The van der Waals surface area contributed by atoms with Crippen LogP contribution < -0.4 is 19.5 Å². The van der Waals surface area contributed by atoms with Crippen molar-refractivity contribution in [2.45, 2.75) is 0 Å². The van der Waals surface area contributed by atoms with Crippen molar-refractivity contribution in [1.82, 2.24) is 0 Å². The minimum atomic E-state index is -0.229. The van der Waals surface area contributed by atoms with Gasteiger partial charge in [-0.25, -0.2) is 0 Å². The number of ether oxygens (including phenoxy) is 3. The molecule has 0 aromatic heterocycles. The van der Waals surface area contributed by atoms with Gasteiger partial charge < -0.3 is 19.5 Å². The summed E-state index contributed by atoms with van der Waals surface area (Å²) in [7, 11) is 4.64. The van der Waals surface area contributed by atoms with Crippen molar-refractivity contribution in [3.8, 4) is 17.2 Å². The van der Waals surface area contributed by atoms with E-state index in [0.717, 1.165) is 9.26 Å². The standard InChI is InChI=1S/C18H18INO4/c1-22-15-10-4-12(17(23-2)18(15)24-3)5-11-16(21)20-14-8-6-13(19)7-9-14/h4-11H,1-3H3,(H,20,21)/b11-5+. The van der Waals surface area contributed by atoms with Crippen LogP contribution in [0.2, 0.25) is 0 Å². The van der Waals surface area contributed by atoms with Crippen molar-refractivity contribution in [1.29, 1.82) is 0 Å². The fraction of sp³-hybridized carbons (Fsp3) is 0.167. The molecular weight excluding hydrogens is 421 g/mol. The summed E-state index contributed by atoms with van der Waals surface area (Å²) in [6, 6.07) is 11.1. The number of nitrogens with one attached hydrogen (secondary N) is 1. The Labute approximate surface area is 154 Å². The van der Waals surface area contributed by atoms with Crippen LogP contribution in [0.1, 0.15) is 5.56 Å². The van der Waals surface area contributed by atoms with Crippen LogP contribution in [0.5, 0.6) is 17.2 Å². The Morgan fingerprint density at radius 1 is 0.958 bits per heavy atom. The molecule has 0 aliphatic rings. The first kappa shape index (κ1) is 18.1. The average Bonchev–Trinajstić information content (AvgIpc) is 2.60. The third kappa shape index (κ3) is 4.41. The highest BCUT2D eigenvalue weighted by molar-refractivity contribution is 14.1. The van der Waals surface area contributed by atoms with Crippen molar-refractivity contribution < 1.29 is 19.0 Å². The smallest absolute Gasteiger partial charge is 0.248 e. The zero-order valence-electron chi connectivity index (χ0n) is 13.6. The zero-order valence-corrected chi connectivity index (χ0v) is 15.8. The summed E-state index contributed by atoms with van der Waals surface area (Å²) in [4.78, 5) is 12.1. The molecule has 1 amide bonds. The molecular formula is C18H18INO4. The van der Waals surface area contributed by atoms with Gasteiger partial charge in [0.25, 0.3) is 0 Å². The molecule has 0 saturated heterocycles. The fourth-order valence-corrected chi connectivity index (χ4v) is 2.50. The van der Waals surface area contributed by atoms with Crippen LogP contribution in [0, 0.1) is 3.57 Å². The lowest BCUT2D eigenvalue weighted by Gasteiger charge is -2.13. The quantitative estimate of drug-likeness (QED) is 0.547. The normalized spacial score (nSPS) is 10.5. The van der Waals surface area contributed by atoms with E-state index < -0.39 is 0 Å². The van der Waals surface area contributed by atoms with Crippen molar-refractivity contribution in [3.05, 3.63) is 51.6 Å². The third-order valence-electron chi connectivity index (χ3n) is 3.26. The monoisotopic (exact) mass is 439 g/mol. The second-order valence-corrected chi connectivity index (χ2v) is 6.00. The molecule has 0 aliphatic carbocycles. The Hall–Kier alpha value is -2.22. The summed E-state index contributed by atoms with van der Waals surface area (Å²) in [5, 5.41) is 2.80. The second kappa shape index (κ2) is 8.58. The molecule has 0 radical (unpaired) electrons. The largest absolute Gasteiger partial charge is 0.493 e. The van der Waals surface area contributed by atoms with E-state index in [1.54, 1.807) is 32.4 Å². The van der Waals surface area contributed by atoms with Gasteiger partial charge in [-0.05, 0) is 65.1 Å². The van der Waals surface area contributed by atoms with Gasteiger partial charge in [0.15, 0.2) is 11.5 Å². The minimum Gasteiger partial charge on any atom is -0.493 e. The molecule has 2 aromatic rings. The van der Waals surface area contributed by atoms with Crippen molar-refractivity contribution in [3.63, 3.8) is 0 Å². The van der Waals surface area contributed by atoms with Gasteiger partial charge in [-0.2, -0.15) is 0 Å². The van der Waals surface area contributed by atoms with Crippen LogP contribution in [-0.2, 0) is 4.79 Å². The van der Waals surface area contributed by atoms with E-state index in [9.17, 15) is 4.79 Å². The lowest BCUT2D eigenvalue weighted by Crippen LogP contribution is -2.07. The fourth-order valence-electron chi connectivity index (χ4n) is 2.14. The van der Waals surface area contributed by atoms with Crippen LogP contribution in [0.3, 0.4) is 0 Å². The molecule has 2 rings (SSSR count). The summed E-state index contributed by atoms with van der Waals surface area (Å²) < 4.78 is 17.1. The Morgan fingerprint density at radius 3 is 2.21 bits per heavy atom. The molecule has 0 bridgehead atoms. The molecule has 0 fully saturated rings. The SMILES string of the molecule is COc1ccc(/C=C/C(=O)Nc2ccc(I)cc2)c(OC)c1OC. The first-order chi connectivity index (χ1) is 11.6. The van der Waals surface area contributed by atoms with Gasteiger partial charge in [0, 0.05) is 20.9 Å². The van der Waals surface area contributed by atoms with Gasteiger partial charge in [0.2, 0.25) is 11.7 Å². The van der Waals surface area contributed by atoms with E-state index in [2.05, 4.69) is 27.9 Å². The Morgan fingerprint density at radius 2 is 1.62 bits per heavy atom. The molecule has 24 heavy (non-hydrogen) atoms. The van der Waals surface area contributed by atoms with Gasteiger partial charge in [-0.15, -0.1) is 0 Å². The highest BCUT2D eigenvalue weighted by Crippen LogP contribution is 2.40. The predicted molar refractivity (Wildman–Crippen MR) is 103 cm³/mol. The summed E-state index contributed by atoms with van der Waals surface area (Å²) in [6.45, 7) is 0. The van der Waals surface area contributed by atoms with Crippen molar-refractivity contribution in [2.24, 2.45) is 0 Å². The Balaban J connectivity index is 2.18. The van der Waals surface area contributed by atoms with E-state index in [0.29, 0.717) is 22.8 Å². The van der Waals surface area contributed by atoms with E-state index in [4.69, 9.17) is 14.2 Å². The van der Waals surface area contributed by atoms with Gasteiger partial charge in [0.05, 0.1) is 21.3 Å². The van der Waals surface area contributed by atoms with E-state index in [1.807, 2.05) is 24.3 Å². The number of hydrogen-bond acceptors (Lipinski definition) is 4. The molecule has 0 atom stereocenters. The molecule has 0 unspecified atom stereocenters. The summed E-state index contributed by atoms with van der Waals surface area (Å²) in [5.41, 5.74) is 1.46. The molecule has 0 aliphatic heterocycles. The highest BCUT2D eigenvalue weighted by atomic mass is 127. The Bertz CT molecular complexity index is 741. The maximum Gasteiger partial charge on any atom is 0.248 e. The minimum absolute atomic E-state index is 0.229. The van der Waals surface area contributed by atoms with Crippen molar-refractivity contribution in [2.75, 3.05) is 26.6 Å². The molecule has 0 saturated carbocycles. The molecule has 1 N–H and O–H groups in total. The lowest BCUT2D eigenvalue weighted by molar-refractivity contribution is -0.111. The number of carbonyl (C=O) groups is 1. The topological polar surface area (TPSA) is 56.8 Å². The van der Waals surface area contributed by atoms with Crippen LogP contribution in [0.4, 0.5) is 5.69 Å². The highest BCUT2D eigenvalue weighted by Gasteiger charge is 2.14. The molecule has 126 valence electrons. The average molecular weight is 439 g/mol. The summed E-state index contributed by atoms with van der Waals surface area (Å²) in [6.07, 6.45) is 3.12. The molecule has 0 spiro atoms. The third-order valence-corrected chi connectivity index (χ3v) is 3.98. The zero-order chi connectivity index (χ0) is 17.5. The van der Waals surface area contributed by atoms with E-state index in [-0.39, 0.29) is 5.91 Å². The predicted octanol–water partition coefficient (Wildman–Crippen LogP) is 3.97. The van der Waals surface area contributed by atoms with E-state index in [1.165, 1.54) is 13.2 Å². The van der Waals surface area contributed by atoms with Crippen LogP contribution in [0.25, 0.3) is 6.08 Å². The first-order valence-corrected chi connectivity index (χ1v) is 8.20. The van der Waals surface area contributed by atoms with Gasteiger partial charge in [0.1, 0.15) is 0 Å². The number of anilines is 1. The van der Waals surface area contributed by atoms with E-state index >= 15 is 0 Å². The Kier molecular flexibility index (Phi) is 6.48. The number of halogens is 1. The number of rotatable bonds is 6. The molecule has 6 heteroatoms. The lowest BCUT2D eigenvalue weighted by atomic mass is 10.1. The van der Waals surface area contributed by atoms with Gasteiger partial charge in [-0.1, -0.05) is 0 Å². The first-order valence-electron chi connectivity index (χ1n) is 7.12.